The van der Waals surface area contributed by atoms with Gasteiger partial charge in [0.25, 0.3) is 0 Å². The standard InChI is InChI=1S/C4H7IO3/c1-7-4(6)2-3-8-5/h2-3H2,1H3. The van der Waals surface area contributed by atoms with Crippen molar-refractivity contribution in [3.05, 3.63) is 0 Å². The van der Waals surface area contributed by atoms with E-state index in [2.05, 4.69) is 7.80 Å². The Balaban J connectivity index is 2.99. The largest absolute Gasteiger partial charge is 0.469 e. The van der Waals surface area contributed by atoms with E-state index in [0.29, 0.717) is 13.0 Å². The highest BCUT2D eigenvalue weighted by atomic mass is 127. The summed E-state index contributed by atoms with van der Waals surface area (Å²) in [5, 5.41) is 0. The molecule has 0 saturated carbocycles. The lowest BCUT2D eigenvalue weighted by Crippen LogP contribution is -2.02. The average molecular weight is 230 g/mol. The number of hydrogen-bond donors (Lipinski definition) is 0. The minimum absolute atomic E-state index is 0.235. The van der Waals surface area contributed by atoms with Gasteiger partial charge in [0, 0.05) is 0 Å². The molecule has 0 fully saturated rings. The maximum Gasteiger partial charge on any atom is 0.307 e. The first-order valence-electron chi connectivity index (χ1n) is 2.11. The zero-order valence-corrected chi connectivity index (χ0v) is 6.67. The van der Waals surface area contributed by atoms with Crippen molar-refractivity contribution in [1.29, 1.82) is 0 Å². The molecule has 0 spiro atoms. The topological polar surface area (TPSA) is 35.5 Å². The first-order valence-corrected chi connectivity index (χ1v) is 2.99. The molecule has 0 aliphatic carbocycles. The fourth-order valence-electron chi connectivity index (χ4n) is 0.224. The molecule has 0 rings (SSSR count). The second-order valence-electron chi connectivity index (χ2n) is 1.14. The Morgan fingerprint density at radius 3 is 2.75 bits per heavy atom. The zero-order chi connectivity index (χ0) is 6.41. The lowest BCUT2D eigenvalue weighted by molar-refractivity contribution is -0.140. The Morgan fingerprint density at radius 2 is 2.38 bits per heavy atom. The predicted molar refractivity (Wildman–Crippen MR) is 36.6 cm³/mol. The van der Waals surface area contributed by atoms with E-state index in [1.807, 2.05) is 0 Å². The van der Waals surface area contributed by atoms with Crippen molar-refractivity contribution in [2.45, 2.75) is 6.42 Å². The van der Waals surface area contributed by atoms with Gasteiger partial charge in [0.2, 0.25) is 0 Å². The van der Waals surface area contributed by atoms with E-state index in [1.165, 1.54) is 7.11 Å². The summed E-state index contributed by atoms with van der Waals surface area (Å²) >= 11 is 1.73. The molecule has 0 aromatic heterocycles. The van der Waals surface area contributed by atoms with Gasteiger partial charge in [0.15, 0.2) is 0 Å². The van der Waals surface area contributed by atoms with Gasteiger partial charge in [-0.3, -0.25) is 4.79 Å². The van der Waals surface area contributed by atoms with Crippen molar-refractivity contribution in [3.8, 4) is 0 Å². The quantitative estimate of drug-likeness (QED) is 0.534. The third-order valence-electron chi connectivity index (χ3n) is 0.611. The highest BCUT2D eigenvalue weighted by molar-refractivity contribution is 14.1. The van der Waals surface area contributed by atoms with Crippen LogP contribution < -0.4 is 0 Å². The number of methoxy groups -OCH3 is 1. The van der Waals surface area contributed by atoms with E-state index in [0.717, 1.165) is 0 Å². The highest BCUT2D eigenvalue weighted by Gasteiger charge is 1.96. The van der Waals surface area contributed by atoms with Crippen LogP contribution in [0.3, 0.4) is 0 Å². The van der Waals surface area contributed by atoms with Gasteiger partial charge >= 0.3 is 5.97 Å². The highest BCUT2D eigenvalue weighted by Crippen LogP contribution is 1.89. The maximum atomic E-state index is 10.3. The van der Waals surface area contributed by atoms with E-state index < -0.39 is 0 Å². The predicted octanol–water partition coefficient (Wildman–Crippen LogP) is 0.916. The summed E-state index contributed by atoms with van der Waals surface area (Å²) in [6.07, 6.45) is 0.333. The van der Waals surface area contributed by atoms with Gasteiger partial charge in [0.05, 0.1) is 20.1 Å². The van der Waals surface area contributed by atoms with Crippen LogP contribution in [0.2, 0.25) is 0 Å². The molecule has 4 heteroatoms. The Bertz CT molecular complexity index is 73.7. The number of halogens is 1. The Morgan fingerprint density at radius 1 is 1.75 bits per heavy atom. The molecular weight excluding hydrogens is 223 g/mol. The summed E-state index contributed by atoms with van der Waals surface area (Å²) in [5.41, 5.74) is 0. The summed E-state index contributed by atoms with van der Waals surface area (Å²) < 4.78 is 8.91. The minimum Gasteiger partial charge on any atom is -0.469 e. The summed E-state index contributed by atoms with van der Waals surface area (Å²) in [6, 6.07) is 0. The van der Waals surface area contributed by atoms with Crippen LogP contribution in [-0.4, -0.2) is 19.7 Å². The van der Waals surface area contributed by atoms with E-state index in [-0.39, 0.29) is 5.97 Å². The Labute approximate surface area is 62.0 Å². The molecule has 8 heavy (non-hydrogen) atoms. The van der Waals surface area contributed by atoms with Gasteiger partial charge in [-0.2, -0.15) is 0 Å². The van der Waals surface area contributed by atoms with Gasteiger partial charge in [-0.05, 0) is 0 Å². The third-order valence-corrected chi connectivity index (χ3v) is 1.05. The van der Waals surface area contributed by atoms with Crippen molar-refractivity contribution < 1.29 is 12.6 Å². The van der Waals surface area contributed by atoms with Gasteiger partial charge < -0.3 is 7.80 Å². The molecule has 0 N–H and O–H groups in total. The van der Waals surface area contributed by atoms with Crippen molar-refractivity contribution >= 4 is 29.0 Å². The lowest BCUT2D eigenvalue weighted by Gasteiger charge is -1.93. The third kappa shape index (κ3) is 4.32. The van der Waals surface area contributed by atoms with Crippen LogP contribution in [0.4, 0.5) is 0 Å². The molecule has 0 amide bonds. The second kappa shape index (κ2) is 5.30. The average Bonchev–Trinajstić information content (AvgIpc) is 1.83. The number of carbonyl (C=O) groups is 1. The molecule has 0 unspecified atom stereocenters. The van der Waals surface area contributed by atoms with Gasteiger partial charge in [-0.25, -0.2) is 0 Å². The summed E-state index contributed by atoms with van der Waals surface area (Å²) in [5.74, 6) is -0.235. The van der Waals surface area contributed by atoms with Crippen LogP contribution in [0.15, 0.2) is 0 Å². The number of rotatable bonds is 3. The fraction of sp³-hybridized carbons (Fsp3) is 0.750. The van der Waals surface area contributed by atoms with Gasteiger partial charge in [-0.15, -0.1) is 0 Å². The molecule has 48 valence electrons. The fourth-order valence-corrected chi connectivity index (χ4v) is 0.444. The molecule has 0 bridgehead atoms. The zero-order valence-electron chi connectivity index (χ0n) is 4.52. The minimum atomic E-state index is -0.235. The van der Waals surface area contributed by atoms with Crippen molar-refractivity contribution in [3.63, 3.8) is 0 Å². The van der Waals surface area contributed by atoms with Crippen molar-refractivity contribution in [2.24, 2.45) is 0 Å². The van der Waals surface area contributed by atoms with E-state index >= 15 is 0 Å². The SMILES string of the molecule is COC(=O)CCOI. The summed E-state index contributed by atoms with van der Waals surface area (Å²) in [4.78, 5) is 10.3. The first-order chi connectivity index (χ1) is 3.81. The molecule has 0 aliphatic heterocycles. The van der Waals surface area contributed by atoms with Crippen LogP contribution in [0.5, 0.6) is 0 Å². The number of carbonyl (C=O) groups excluding carboxylic acids is 1. The first kappa shape index (κ1) is 8.16. The number of ether oxygens (including phenoxy) is 1. The lowest BCUT2D eigenvalue weighted by atomic mass is 10.5. The van der Waals surface area contributed by atoms with Gasteiger partial charge in [0.1, 0.15) is 23.0 Å². The molecule has 0 heterocycles. The number of esters is 1. The number of hydrogen-bond acceptors (Lipinski definition) is 3. The molecule has 0 aromatic carbocycles. The van der Waals surface area contributed by atoms with E-state index in [4.69, 9.17) is 0 Å². The molecule has 0 atom stereocenters. The van der Waals surface area contributed by atoms with E-state index in [1.54, 1.807) is 23.0 Å². The maximum absolute atomic E-state index is 10.3. The van der Waals surface area contributed by atoms with E-state index in [9.17, 15) is 4.79 Å². The Hall–Kier alpha value is 0.160. The monoisotopic (exact) mass is 230 g/mol. The Kier molecular flexibility index (Phi) is 5.41. The summed E-state index contributed by atoms with van der Waals surface area (Å²) in [6.45, 7) is 0.424. The molecule has 0 radical (unpaired) electrons. The van der Waals surface area contributed by atoms with Crippen LogP contribution in [0, 0.1) is 0 Å². The molecular formula is C4H7IO3. The van der Waals surface area contributed by atoms with Gasteiger partial charge in [-0.1, -0.05) is 0 Å². The normalized spacial score (nSPS) is 8.75. The van der Waals surface area contributed by atoms with Crippen LogP contribution in [0.1, 0.15) is 6.42 Å². The van der Waals surface area contributed by atoms with Crippen LogP contribution >= 0.6 is 23.0 Å². The molecule has 0 aromatic rings. The van der Waals surface area contributed by atoms with Crippen molar-refractivity contribution in [2.75, 3.05) is 13.7 Å². The van der Waals surface area contributed by atoms with Crippen LogP contribution in [-0.2, 0) is 12.6 Å². The second-order valence-corrected chi connectivity index (χ2v) is 1.76. The van der Waals surface area contributed by atoms with Crippen molar-refractivity contribution in [1.82, 2.24) is 0 Å². The molecule has 0 saturated heterocycles. The molecule has 0 aliphatic rings. The summed E-state index contributed by atoms with van der Waals surface area (Å²) in [7, 11) is 1.36. The molecule has 3 nitrogen and oxygen atoms in total. The smallest absolute Gasteiger partial charge is 0.307 e. The van der Waals surface area contributed by atoms with Crippen LogP contribution in [0.25, 0.3) is 0 Å².